The van der Waals surface area contributed by atoms with E-state index in [0.717, 1.165) is 11.1 Å². The van der Waals surface area contributed by atoms with Gasteiger partial charge in [-0.2, -0.15) is 0 Å². The Bertz CT molecular complexity index is 1210. The molecule has 0 aliphatic carbocycles. The van der Waals surface area contributed by atoms with E-state index in [-0.39, 0.29) is 24.3 Å². The number of benzene rings is 2. The number of hydrogen-bond acceptors (Lipinski definition) is 5. The van der Waals surface area contributed by atoms with Crippen molar-refractivity contribution in [3.63, 3.8) is 0 Å². The topological polar surface area (TPSA) is 117 Å². The van der Waals surface area contributed by atoms with Crippen molar-refractivity contribution in [3.8, 4) is 16.9 Å². The summed E-state index contributed by atoms with van der Waals surface area (Å²) in [5, 5.41) is 8.37. The molecule has 1 unspecified atom stereocenters. The molecule has 3 aromatic rings. The van der Waals surface area contributed by atoms with Crippen LogP contribution in [0.1, 0.15) is 39.0 Å². The van der Waals surface area contributed by atoms with Gasteiger partial charge in [-0.15, -0.1) is 5.10 Å². The maximum atomic E-state index is 14.6. The summed E-state index contributed by atoms with van der Waals surface area (Å²) in [5.41, 5.74) is 2.53. The second-order valence-corrected chi connectivity index (χ2v) is 7.23. The van der Waals surface area contributed by atoms with E-state index >= 15 is 0 Å². The average Bonchev–Trinajstić information content (AvgIpc) is 3.31. The number of carbonyl (C=O) groups excluding carboxylic acids is 2. The van der Waals surface area contributed by atoms with Crippen LogP contribution in [-0.4, -0.2) is 39.5 Å². The van der Waals surface area contributed by atoms with Crippen molar-refractivity contribution in [2.45, 2.75) is 26.4 Å². The maximum Gasteiger partial charge on any atom is 0.341 e. The van der Waals surface area contributed by atoms with Crippen LogP contribution in [0, 0.1) is 12.7 Å². The predicted octanol–water partition coefficient (Wildman–Crippen LogP) is 2.15. The standard InChI is InChI=1S/C21H19FN4O4/c1-10-5-13-7-14(9-23-20(28)19-24-21(29)26-25-19)30-18(13)16(6-10)15-8-12(11(2)27)3-4-17(15)22/h3-6,8,14H,7,9H2,1-2H3,(H,23,28)(H2,24,25,26,29). The van der Waals surface area contributed by atoms with Gasteiger partial charge in [-0.3, -0.25) is 14.6 Å². The van der Waals surface area contributed by atoms with Crippen LogP contribution in [0.3, 0.4) is 0 Å². The van der Waals surface area contributed by atoms with Gasteiger partial charge in [0, 0.05) is 23.1 Å². The van der Waals surface area contributed by atoms with Crippen LogP contribution in [0.4, 0.5) is 4.39 Å². The first-order valence-electron chi connectivity index (χ1n) is 9.35. The number of aryl methyl sites for hydroxylation is 1. The summed E-state index contributed by atoms with van der Waals surface area (Å²) in [5.74, 6) is -0.721. The van der Waals surface area contributed by atoms with Crippen molar-refractivity contribution in [1.82, 2.24) is 20.5 Å². The Morgan fingerprint density at radius 2 is 2.07 bits per heavy atom. The number of nitrogens with zero attached hydrogens (tertiary/aromatic N) is 1. The molecular weight excluding hydrogens is 391 g/mol. The molecule has 1 atom stereocenters. The van der Waals surface area contributed by atoms with E-state index in [1.54, 1.807) is 0 Å². The van der Waals surface area contributed by atoms with Gasteiger partial charge < -0.3 is 10.1 Å². The molecule has 0 radical (unpaired) electrons. The first-order chi connectivity index (χ1) is 14.3. The van der Waals surface area contributed by atoms with Crippen LogP contribution < -0.4 is 15.7 Å². The highest BCUT2D eigenvalue weighted by molar-refractivity contribution is 5.95. The molecule has 2 aromatic carbocycles. The van der Waals surface area contributed by atoms with E-state index < -0.39 is 17.4 Å². The molecular formula is C21H19FN4O4. The van der Waals surface area contributed by atoms with Gasteiger partial charge in [-0.1, -0.05) is 6.07 Å². The highest BCUT2D eigenvalue weighted by atomic mass is 19.1. The number of hydrogen-bond donors (Lipinski definition) is 3. The van der Waals surface area contributed by atoms with Gasteiger partial charge in [0.25, 0.3) is 5.91 Å². The summed E-state index contributed by atoms with van der Waals surface area (Å²) in [6, 6.07) is 8.03. The lowest BCUT2D eigenvalue weighted by atomic mass is 9.95. The monoisotopic (exact) mass is 410 g/mol. The molecule has 30 heavy (non-hydrogen) atoms. The Kier molecular flexibility index (Phi) is 4.94. The third kappa shape index (κ3) is 3.73. The van der Waals surface area contributed by atoms with Gasteiger partial charge in [-0.05, 0) is 49.2 Å². The molecule has 0 saturated carbocycles. The molecule has 3 N–H and O–H groups in total. The van der Waals surface area contributed by atoms with E-state index in [1.165, 1.54) is 25.1 Å². The Hall–Kier alpha value is -3.75. The number of carbonyl (C=O) groups is 2. The Morgan fingerprint density at radius 3 is 2.77 bits per heavy atom. The van der Waals surface area contributed by atoms with Crippen molar-refractivity contribution < 1.29 is 18.7 Å². The normalized spacial score (nSPS) is 14.8. The molecule has 1 aromatic heterocycles. The highest BCUT2D eigenvalue weighted by Crippen LogP contribution is 2.41. The third-order valence-electron chi connectivity index (χ3n) is 4.91. The molecule has 2 heterocycles. The van der Waals surface area contributed by atoms with Crippen molar-refractivity contribution in [2.75, 3.05) is 6.54 Å². The first kappa shape index (κ1) is 19.6. The van der Waals surface area contributed by atoms with Gasteiger partial charge in [0.1, 0.15) is 17.7 Å². The number of fused-ring (bicyclic) bond motifs is 1. The lowest BCUT2D eigenvalue weighted by molar-refractivity contribution is 0.0923. The third-order valence-corrected chi connectivity index (χ3v) is 4.91. The molecule has 9 heteroatoms. The molecule has 0 saturated heterocycles. The van der Waals surface area contributed by atoms with E-state index in [0.29, 0.717) is 28.9 Å². The van der Waals surface area contributed by atoms with Gasteiger partial charge in [0.2, 0.25) is 5.82 Å². The summed E-state index contributed by atoms with van der Waals surface area (Å²) in [7, 11) is 0. The fraction of sp³-hybridized carbons (Fsp3) is 0.238. The minimum atomic E-state index is -0.570. The number of rotatable bonds is 5. The van der Waals surface area contributed by atoms with Crippen LogP contribution in [0.5, 0.6) is 5.75 Å². The van der Waals surface area contributed by atoms with Gasteiger partial charge >= 0.3 is 5.69 Å². The molecule has 154 valence electrons. The minimum Gasteiger partial charge on any atom is -0.487 e. The van der Waals surface area contributed by atoms with Crippen LogP contribution in [-0.2, 0) is 6.42 Å². The van der Waals surface area contributed by atoms with Crippen LogP contribution in [0.25, 0.3) is 11.1 Å². The Morgan fingerprint density at radius 1 is 1.27 bits per heavy atom. The Balaban J connectivity index is 1.58. The molecule has 1 aliphatic heterocycles. The van der Waals surface area contributed by atoms with Gasteiger partial charge in [0.15, 0.2) is 5.78 Å². The summed E-state index contributed by atoms with van der Waals surface area (Å²) in [4.78, 5) is 37.2. The van der Waals surface area contributed by atoms with Gasteiger partial charge in [0.05, 0.1) is 6.54 Å². The SMILES string of the molecule is CC(=O)c1ccc(F)c(-c2cc(C)cc3c2OC(CNC(=O)c2n[nH]c(=O)[nH]2)C3)c1. The number of ether oxygens (including phenoxy) is 1. The van der Waals surface area contributed by atoms with Crippen molar-refractivity contribution in [3.05, 3.63) is 69.1 Å². The van der Waals surface area contributed by atoms with Crippen LogP contribution in [0.2, 0.25) is 0 Å². The number of ketones is 1. The van der Waals surface area contributed by atoms with E-state index in [2.05, 4.69) is 20.5 Å². The summed E-state index contributed by atoms with van der Waals surface area (Å²) in [6.07, 6.45) is 0.157. The maximum absolute atomic E-state index is 14.6. The number of aromatic amines is 2. The van der Waals surface area contributed by atoms with Crippen molar-refractivity contribution in [2.24, 2.45) is 0 Å². The largest absolute Gasteiger partial charge is 0.487 e. The second kappa shape index (κ2) is 7.58. The second-order valence-electron chi connectivity index (χ2n) is 7.23. The summed E-state index contributed by atoms with van der Waals surface area (Å²) in [6.45, 7) is 3.51. The molecule has 1 amide bonds. The van der Waals surface area contributed by atoms with E-state index in [1.807, 2.05) is 19.1 Å². The molecule has 0 fully saturated rings. The zero-order chi connectivity index (χ0) is 21.4. The molecule has 0 bridgehead atoms. The highest BCUT2D eigenvalue weighted by Gasteiger charge is 2.28. The van der Waals surface area contributed by atoms with E-state index in [9.17, 15) is 18.8 Å². The van der Waals surface area contributed by atoms with Crippen LogP contribution >= 0.6 is 0 Å². The lowest BCUT2D eigenvalue weighted by Gasteiger charge is -2.14. The zero-order valence-electron chi connectivity index (χ0n) is 16.3. The summed E-state index contributed by atoms with van der Waals surface area (Å²) >= 11 is 0. The van der Waals surface area contributed by atoms with Crippen LogP contribution in [0.15, 0.2) is 35.1 Å². The fourth-order valence-electron chi connectivity index (χ4n) is 3.53. The number of Topliss-reactive ketones (excluding diaryl/α,β-unsaturated/α-hetero) is 1. The quantitative estimate of drug-likeness (QED) is 0.557. The number of aromatic nitrogens is 3. The van der Waals surface area contributed by atoms with Crippen molar-refractivity contribution >= 4 is 11.7 Å². The van der Waals surface area contributed by atoms with Crippen molar-refractivity contribution in [1.29, 1.82) is 0 Å². The number of H-pyrrole nitrogens is 2. The number of amides is 1. The molecule has 0 spiro atoms. The first-order valence-corrected chi connectivity index (χ1v) is 9.35. The summed E-state index contributed by atoms with van der Waals surface area (Å²) < 4.78 is 20.6. The number of nitrogens with one attached hydrogen (secondary N) is 3. The average molecular weight is 410 g/mol. The minimum absolute atomic E-state index is 0.116. The Labute approximate surface area is 170 Å². The number of halogens is 1. The zero-order valence-corrected chi connectivity index (χ0v) is 16.3. The van der Waals surface area contributed by atoms with E-state index in [4.69, 9.17) is 4.74 Å². The predicted molar refractivity (Wildman–Crippen MR) is 106 cm³/mol. The smallest absolute Gasteiger partial charge is 0.341 e. The fourth-order valence-corrected chi connectivity index (χ4v) is 3.53. The molecule has 8 nitrogen and oxygen atoms in total. The molecule has 1 aliphatic rings. The lowest BCUT2D eigenvalue weighted by Crippen LogP contribution is -2.35. The molecule has 4 rings (SSSR count). The van der Waals surface area contributed by atoms with Gasteiger partial charge in [-0.25, -0.2) is 14.3 Å².